The SMILES string of the molecule is CC(=CCCNCCN(C)C)C(=O)O. The molecule has 0 aromatic carbocycles. The smallest absolute Gasteiger partial charge is 0.330 e. The summed E-state index contributed by atoms with van der Waals surface area (Å²) in [4.78, 5) is 12.5. The first-order valence-corrected chi connectivity index (χ1v) is 4.79. The predicted molar refractivity (Wildman–Crippen MR) is 57.4 cm³/mol. The van der Waals surface area contributed by atoms with E-state index in [2.05, 4.69) is 10.2 Å². The van der Waals surface area contributed by atoms with Crippen molar-refractivity contribution in [2.24, 2.45) is 0 Å². The van der Waals surface area contributed by atoms with Gasteiger partial charge in [0.2, 0.25) is 0 Å². The summed E-state index contributed by atoms with van der Waals surface area (Å²) >= 11 is 0. The highest BCUT2D eigenvalue weighted by Crippen LogP contribution is 1.93. The Hall–Kier alpha value is -0.870. The van der Waals surface area contributed by atoms with Crippen LogP contribution in [0, 0.1) is 0 Å². The molecule has 82 valence electrons. The molecule has 0 saturated carbocycles. The largest absolute Gasteiger partial charge is 0.478 e. The molecule has 4 nitrogen and oxygen atoms in total. The van der Waals surface area contributed by atoms with E-state index in [0.29, 0.717) is 5.57 Å². The van der Waals surface area contributed by atoms with Crippen LogP contribution in [0.25, 0.3) is 0 Å². The molecule has 0 unspecified atom stereocenters. The molecule has 14 heavy (non-hydrogen) atoms. The summed E-state index contributed by atoms with van der Waals surface area (Å²) in [5.41, 5.74) is 0.416. The molecule has 0 atom stereocenters. The van der Waals surface area contributed by atoms with Gasteiger partial charge in [-0.3, -0.25) is 0 Å². The Bertz CT molecular complexity index is 200. The summed E-state index contributed by atoms with van der Waals surface area (Å²) in [6.45, 7) is 4.38. The van der Waals surface area contributed by atoms with Crippen LogP contribution in [0.2, 0.25) is 0 Å². The highest BCUT2D eigenvalue weighted by Gasteiger charge is 1.97. The maximum atomic E-state index is 10.4. The monoisotopic (exact) mass is 200 g/mol. The zero-order chi connectivity index (χ0) is 11.0. The van der Waals surface area contributed by atoms with E-state index in [-0.39, 0.29) is 0 Å². The molecule has 0 fully saturated rings. The van der Waals surface area contributed by atoms with Crippen molar-refractivity contribution in [3.8, 4) is 0 Å². The van der Waals surface area contributed by atoms with Gasteiger partial charge < -0.3 is 15.3 Å². The van der Waals surface area contributed by atoms with Crippen LogP contribution in [0.1, 0.15) is 13.3 Å². The van der Waals surface area contributed by atoms with Crippen LogP contribution in [0.4, 0.5) is 0 Å². The van der Waals surface area contributed by atoms with Crippen molar-refractivity contribution in [1.82, 2.24) is 10.2 Å². The third-order valence-electron chi connectivity index (χ3n) is 1.84. The van der Waals surface area contributed by atoms with Crippen molar-refractivity contribution in [1.29, 1.82) is 0 Å². The zero-order valence-electron chi connectivity index (χ0n) is 9.21. The third-order valence-corrected chi connectivity index (χ3v) is 1.84. The van der Waals surface area contributed by atoms with Crippen LogP contribution in [0.15, 0.2) is 11.6 Å². The van der Waals surface area contributed by atoms with Crippen molar-refractivity contribution in [3.63, 3.8) is 0 Å². The highest BCUT2D eigenvalue weighted by molar-refractivity contribution is 5.85. The van der Waals surface area contributed by atoms with Gasteiger partial charge in [0.25, 0.3) is 0 Å². The molecule has 0 aliphatic rings. The Labute approximate surface area is 85.6 Å². The van der Waals surface area contributed by atoms with E-state index < -0.39 is 5.97 Å². The van der Waals surface area contributed by atoms with Crippen LogP contribution in [0.3, 0.4) is 0 Å². The Balaban J connectivity index is 3.38. The number of hydrogen-bond acceptors (Lipinski definition) is 3. The number of likely N-dealkylation sites (N-methyl/N-ethyl adjacent to an activating group) is 1. The van der Waals surface area contributed by atoms with Gasteiger partial charge in [-0.25, -0.2) is 4.79 Å². The fraction of sp³-hybridized carbons (Fsp3) is 0.700. The average molecular weight is 200 g/mol. The lowest BCUT2D eigenvalue weighted by atomic mass is 10.2. The van der Waals surface area contributed by atoms with E-state index in [9.17, 15) is 4.79 Å². The number of nitrogens with zero attached hydrogens (tertiary/aromatic N) is 1. The van der Waals surface area contributed by atoms with Gasteiger partial charge in [-0.05, 0) is 34.0 Å². The summed E-state index contributed by atoms with van der Waals surface area (Å²) in [6, 6.07) is 0. The molecule has 0 aliphatic heterocycles. The number of carboxylic acid groups (broad SMARTS) is 1. The van der Waals surface area contributed by atoms with Crippen molar-refractivity contribution in [2.45, 2.75) is 13.3 Å². The second-order valence-electron chi connectivity index (χ2n) is 3.53. The third kappa shape index (κ3) is 7.76. The maximum Gasteiger partial charge on any atom is 0.330 e. The van der Waals surface area contributed by atoms with Gasteiger partial charge in [-0.1, -0.05) is 6.08 Å². The van der Waals surface area contributed by atoms with Crippen LogP contribution >= 0.6 is 0 Å². The molecule has 0 spiro atoms. The molecule has 0 bridgehead atoms. The van der Waals surface area contributed by atoms with E-state index in [1.165, 1.54) is 0 Å². The topological polar surface area (TPSA) is 52.6 Å². The number of carbonyl (C=O) groups is 1. The minimum Gasteiger partial charge on any atom is -0.478 e. The number of aliphatic carboxylic acids is 1. The number of carboxylic acids is 1. The minimum absolute atomic E-state index is 0.416. The second kappa shape index (κ2) is 7.53. The van der Waals surface area contributed by atoms with E-state index in [1.54, 1.807) is 13.0 Å². The first-order chi connectivity index (χ1) is 6.54. The first-order valence-electron chi connectivity index (χ1n) is 4.79. The van der Waals surface area contributed by atoms with E-state index in [0.717, 1.165) is 26.1 Å². The summed E-state index contributed by atoms with van der Waals surface area (Å²) in [5, 5.41) is 11.8. The maximum absolute atomic E-state index is 10.4. The molecular weight excluding hydrogens is 180 g/mol. The van der Waals surface area contributed by atoms with Gasteiger partial charge in [0, 0.05) is 18.7 Å². The van der Waals surface area contributed by atoms with E-state index >= 15 is 0 Å². The Morgan fingerprint density at radius 1 is 1.43 bits per heavy atom. The Kier molecular flexibility index (Phi) is 7.06. The minimum atomic E-state index is -0.835. The fourth-order valence-corrected chi connectivity index (χ4v) is 0.906. The first kappa shape index (κ1) is 13.1. The lowest BCUT2D eigenvalue weighted by Gasteiger charge is -2.09. The summed E-state index contributed by atoms with van der Waals surface area (Å²) in [5.74, 6) is -0.835. The van der Waals surface area contributed by atoms with Crippen molar-refractivity contribution in [3.05, 3.63) is 11.6 Å². The molecule has 0 amide bonds. The van der Waals surface area contributed by atoms with Crippen LogP contribution in [-0.2, 0) is 4.79 Å². The van der Waals surface area contributed by atoms with Crippen LogP contribution in [-0.4, -0.2) is 49.7 Å². The molecule has 0 aromatic heterocycles. The van der Waals surface area contributed by atoms with Gasteiger partial charge in [-0.2, -0.15) is 0 Å². The van der Waals surface area contributed by atoms with Crippen molar-refractivity contribution in [2.75, 3.05) is 33.7 Å². The number of nitrogens with one attached hydrogen (secondary N) is 1. The Morgan fingerprint density at radius 2 is 2.07 bits per heavy atom. The molecule has 0 radical (unpaired) electrons. The van der Waals surface area contributed by atoms with Crippen molar-refractivity contribution >= 4 is 5.97 Å². The molecule has 0 rings (SSSR count). The van der Waals surface area contributed by atoms with Gasteiger partial charge >= 0.3 is 5.97 Å². The normalized spacial score (nSPS) is 12.1. The average Bonchev–Trinajstić information content (AvgIpc) is 2.09. The highest BCUT2D eigenvalue weighted by atomic mass is 16.4. The zero-order valence-corrected chi connectivity index (χ0v) is 9.21. The molecule has 0 saturated heterocycles. The fourth-order valence-electron chi connectivity index (χ4n) is 0.906. The standard InChI is InChI=1S/C10H20N2O2/c1-9(10(13)14)5-4-6-11-7-8-12(2)3/h5,11H,4,6-8H2,1-3H3,(H,13,14). The summed E-state index contributed by atoms with van der Waals surface area (Å²) in [7, 11) is 4.05. The van der Waals surface area contributed by atoms with Crippen molar-refractivity contribution < 1.29 is 9.90 Å². The van der Waals surface area contributed by atoms with Crippen LogP contribution < -0.4 is 5.32 Å². The van der Waals surface area contributed by atoms with Gasteiger partial charge in [0.15, 0.2) is 0 Å². The number of hydrogen-bond donors (Lipinski definition) is 2. The molecule has 4 heteroatoms. The molecule has 0 aliphatic carbocycles. The van der Waals surface area contributed by atoms with Gasteiger partial charge in [0.05, 0.1) is 0 Å². The number of rotatable bonds is 7. The predicted octanol–water partition coefficient (Wildman–Crippen LogP) is 0.559. The molecule has 2 N–H and O–H groups in total. The second-order valence-corrected chi connectivity index (χ2v) is 3.53. The van der Waals surface area contributed by atoms with Gasteiger partial charge in [-0.15, -0.1) is 0 Å². The lowest BCUT2D eigenvalue weighted by molar-refractivity contribution is -0.132. The van der Waals surface area contributed by atoms with Crippen LogP contribution in [0.5, 0.6) is 0 Å². The summed E-state index contributed by atoms with van der Waals surface area (Å²) in [6.07, 6.45) is 2.51. The van der Waals surface area contributed by atoms with Gasteiger partial charge in [0.1, 0.15) is 0 Å². The lowest BCUT2D eigenvalue weighted by Crippen LogP contribution is -2.27. The summed E-state index contributed by atoms with van der Waals surface area (Å²) < 4.78 is 0. The van der Waals surface area contributed by atoms with E-state index in [4.69, 9.17) is 5.11 Å². The molecule has 0 heterocycles. The molecule has 0 aromatic rings. The molecular formula is C10H20N2O2. The quantitative estimate of drug-likeness (QED) is 0.466. The Morgan fingerprint density at radius 3 is 2.57 bits per heavy atom. The van der Waals surface area contributed by atoms with E-state index in [1.807, 2.05) is 14.1 Å².